The van der Waals surface area contributed by atoms with E-state index in [0.29, 0.717) is 5.16 Å². The van der Waals surface area contributed by atoms with Crippen LogP contribution in [0.3, 0.4) is 0 Å². The van der Waals surface area contributed by atoms with Crippen LogP contribution in [0.4, 0.5) is 0 Å². The Bertz CT molecular complexity index is 889. The Morgan fingerprint density at radius 2 is 1.22 bits per heavy atom. The smallest absolute Gasteiger partial charge is 0.254 e. The molecule has 0 radical (unpaired) electrons. The van der Waals surface area contributed by atoms with Gasteiger partial charge in [-0.2, -0.15) is 0 Å². The third kappa shape index (κ3) is 5.80. The summed E-state index contributed by atoms with van der Waals surface area (Å²) in [5.74, 6) is 0.0390. The van der Waals surface area contributed by atoms with Gasteiger partial charge in [-0.3, -0.25) is 4.79 Å². The summed E-state index contributed by atoms with van der Waals surface area (Å²) < 4.78 is 0. The minimum absolute atomic E-state index is 0.0390. The third-order valence-corrected chi connectivity index (χ3v) is 15.4. The molecule has 0 aliphatic heterocycles. The Morgan fingerprint density at radius 1 is 0.750 bits per heavy atom. The maximum atomic E-state index is 14.2. The van der Waals surface area contributed by atoms with Crippen LogP contribution in [0.1, 0.15) is 66.0 Å². The average molecular weight is 470 g/mol. The Labute approximate surface area is 197 Å². The topological polar surface area (TPSA) is 40.5 Å². The zero-order valence-corrected chi connectivity index (χ0v) is 23.7. The number of hydrogen-bond acceptors (Lipinski definition) is 2. The molecule has 5 heteroatoms. The number of rotatable bonds is 8. The van der Waals surface area contributed by atoms with Crippen LogP contribution in [0.25, 0.3) is 0 Å². The predicted octanol–water partition coefficient (Wildman–Crippen LogP) is 6.87. The van der Waals surface area contributed by atoms with Gasteiger partial charge in [0.25, 0.3) is 5.91 Å². The molecule has 0 saturated heterocycles. The number of carbonyl (C=O) groups is 1. The summed E-state index contributed by atoms with van der Waals surface area (Å²) in [5, 5.41) is 11.8. The Kier molecular flexibility index (Phi) is 8.35. The van der Waals surface area contributed by atoms with Gasteiger partial charge in [0.05, 0.1) is 0 Å². The van der Waals surface area contributed by atoms with E-state index in [0.717, 1.165) is 22.3 Å². The van der Waals surface area contributed by atoms with Gasteiger partial charge in [-0.1, -0.05) is 87.8 Å². The van der Waals surface area contributed by atoms with Crippen molar-refractivity contribution in [3.05, 3.63) is 70.8 Å². The number of carbonyl (C=O) groups excluding carboxylic acids is 1. The maximum absolute atomic E-state index is 14.2. The van der Waals surface area contributed by atoms with Crippen LogP contribution in [0.2, 0.25) is 39.3 Å². The second-order valence-electron chi connectivity index (χ2n) is 11.7. The van der Waals surface area contributed by atoms with Crippen molar-refractivity contribution in [3.8, 4) is 0 Å². The van der Waals surface area contributed by atoms with Crippen LogP contribution < -0.4 is 0 Å². The fourth-order valence-electron chi connectivity index (χ4n) is 5.55. The van der Waals surface area contributed by atoms with Gasteiger partial charge in [0.2, 0.25) is 0 Å². The summed E-state index contributed by atoms with van der Waals surface area (Å²) in [5.41, 5.74) is 3.41. The van der Waals surface area contributed by atoms with Gasteiger partial charge in [0.1, 0.15) is 6.10 Å². The summed E-state index contributed by atoms with van der Waals surface area (Å²) in [6.45, 7) is 22.7. The fraction of sp³-hybridized carbons (Fsp3) is 0.519. The normalized spacial score (nSPS) is 13.7. The monoisotopic (exact) mass is 469 g/mol. The highest BCUT2D eigenvalue weighted by Crippen LogP contribution is 2.40. The van der Waals surface area contributed by atoms with Crippen molar-refractivity contribution in [3.63, 3.8) is 0 Å². The highest BCUT2D eigenvalue weighted by atomic mass is 28.4. The van der Waals surface area contributed by atoms with Crippen molar-refractivity contribution in [2.24, 2.45) is 0 Å². The maximum Gasteiger partial charge on any atom is 0.254 e. The third-order valence-electron chi connectivity index (χ3n) is 6.14. The number of hydrogen-bond donors (Lipinski definition) is 1. The van der Waals surface area contributed by atoms with Gasteiger partial charge in [-0.25, -0.2) is 0 Å². The second kappa shape index (κ2) is 10.1. The molecule has 1 N–H and O–H groups in total. The van der Waals surface area contributed by atoms with Gasteiger partial charge < -0.3 is 10.0 Å². The number of nitrogens with zero attached hydrogens (tertiary/aromatic N) is 1. The average Bonchev–Trinajstić information content (AvgIpc) is 2.65. The number of aliphatic hydroxyl groups is 1. The molecule has 0 unspecified atom stereocenters. The molecular weight excluding hydrogens is 426 g/mol. The molecule has 2 rings (SSSR count). The minimum Gasteiger partial charge on any atom is -0.384 e. The summed E-state index contributed by atoms with van der Waals surface area (Å²) in [6.07, 6.45) is -0.833. The molecule has 0 aromatic heterocycles. The lowest BCUT2D eigenvalue weighted by Gasteiger charge is -2.41. The summed E-state index contributed by atoms with van der Waals surface area (Å²) in [6, 6.07) is 16.0. The van der Waals surface area contributed by atoms with E-state index in [2.05, 4.69) is 73.0 Å². The highest BCUT2D eigenvalue weighted by Gasteiger charge is 2.42. The highest BCUT2D eigenvalue weighted by molar-refractivity contribution is 6.96. The number of aliphatic hydroxyl groups excluding tert-OH is 1. The van der Waals surface area contributed by atoms with Gasteiger partial charge in [0.15, 0.2) is 0 Å². The van der Waals surface area contributed by atoms with Crippen LogP contribution in [-0.4, -0.2) is 44.1 Å². The van der Waals surface area contributed by atoms with Gasteiger partial charge >= 0.3 is 0 Å². The zero-order valence-electron chi connectivity index (χ0n) is 21.7. The number of benzene rings is 2. The molecule has 0 bridgehead atoms. The molecule has 0 heterocycles. The Hall–Kier alpha value is -1.70. The largest absolute Gasteiger partial charge is 0.384 e. The van der Waals surface area contributed by atoms with E-state index in [-0.39, 0.29) is 18.0 Å². The van der Waals surface area contributed by atoms with Crippen molar-refractivity contribution in [2.75, 3.05) is 0 Å². The quantitative estimate of drug-likeness (QED) is 0.429. The summed E-state index contributed by atoms with van der Waals surface area (Å²) in [4.78, 5) is 16.2. The van der Waals surface area contributed by atoms with Gasteiger partial charge in [0, 0.05) is 33.8 Å². The first kappa shape index (κ1) is 26.6. The summed E-state index contributed by atoms with van der Waals surface area (Å²) >= 11 is 0. The first-order chi connectivity index (χ1) is 14.7. The van der Waals surface area contributed by atoms with E-state index in [9.17, 15) is 9.90 Å². The van der Waals surface area contributed by atoms with Crippen molar-refractivity contribution >= 4 is 22.1 Å². The van der Waals surface area contributed by atoms with E-state index < -0.39 is 22.3 Å². The van der Waals surface area contributed by atoms with Crippen molar-refractivity contribution < 1.29 is 9.90 Å². The zero-order chi connectivity index (χ0) is 24.4. The predicted molar refractivity (Wildman–Crippen MR) is 143 cm³/mol. The number of amides is 1. The molecule has 0 aliphatic carbocycles. The Balaban J connectivity index is 2.87. The SMILES string of the molecule is CC(C)N(C(=O)c1c(C([Si](C)(C)C)[Si](C)(C)C)cccc1[C@H](O)c1ccccc1)C(C)C. The molecule has 176 valence electrons. The molecular formula is C27H43NO2Si2. The molecule has 0 saturated carbocycles. The van der Waals surface area contributed by atoms with E-state index in [1.807, 2.05) is 47.4 Å². The molecule has 1 amide bonds. The lowest BCUT2D eigenvalue weighted by atomic mass is 9.92. The van der Waals surface area contributed by atoms with E-state index in [4.69, 9.17) is 0 Å². The minimum atomic E-state index is -1.66. The fourth-order valence-corrected chi connectivity index (χ4v) is 18.3. The van der Waals surface area contributed by atoms with E-state index >= 15 is 0 Å². The van der Waals surface area contributed by atoms with Crippen molar-refractivity contribution in [2.45, 2.75) is 90.3 Å². The lowest BCUT2D eigenvalue weighted by molar-refractivity contribution is 0.0637. The molecule has 32 heavy (non-hydrogen) atoms. The van der Waals surface area contributed by atoms with Gasteiger partial charge in [-0.15, -0.1) is 0 Å². The molecule has 0 spiro atoms. The van der Waals surface area contributed by atoms with Crippen molar-refractivity contribution in [1.82, 2.24) is 4.90 Å². The molecule has 2 aromatic carbocycles. The first-order valence-electron chi connectivity index (χ1n) is 11.9. The molecule has 2 aromatic rings. The van der Waals surface area contributed by atoms with Crippen LogP contribution in [0, 0.1) is 0 Å². The standard InChI is InChI=1S/C27H43NO2Si2/c1-19(2)28(20(3)4)26(30)24-22(25(29)21-15-12-11-13-16-21)17-14-18-23(24)27(31(5,6)7)32(8,9)10/h11-20,25,27,29H,1-10H3/t25-/m1/s1. The van der Waals surface area contributed by atoms with E-state index in [1.165, 1.54) is 0 Å². The molecule has 3 nitrogen and oxygen atoms in total. The lowest BCUT2D eigenvalue weighted by Crippen LogP contribution is -2.48. The molecule has 0 fully saturated rings. The van der Waals surface area contributed by atoms with Gasteiger partial charge in [-0.05, 0) is 49.5 Å². The van der Waals surface area contributed by atoms with Crippen LogP contribution in [-0.2, 0) is 0 Å². The van der Waals surface area contributed by atoms with Crippen LogP contribution in [0.15, 0.2) is 48.5 Å². The van der Waals surface area contributed by atoms with Crippen molar-refractivity contribution in [1.29, 1.82) is 0 Å². The van der Waals surface area contributed by atoms with E-state index in [1.54, 1.807) is 0 Å². The molecule has 1 atom stereocenters. The van der Waals surface area contributed by atoms with Crippen LogP contribution >= 0.6 is 0 Å². The first-order valence-corrected chi connectivity index (χ1v) is 19.0. The van der Waals surface area contributed by atoms with Crippen LogP contribution in [0.5, 0.6) is 0 Å². The molecule has 0 aliphatic rings. The second-order valence-corrected chi connectivity index (χ2v) is 22.9. The summed E-state index contributed by atoms with van der Waals surface area (Å²) in [7, 11) is -3.31. The Morgan fingerprint density at radius 3 is 1.66 bits per heavy atom.